The van der Waals surface area contributed by atoms with Gasteiger partial charge in [-0.25, -0.2) is 0 Å². The van der Waals surface area contributed by atoms with Crippen LogP contribution in [0.25, 0.3) is 10.9 Å². The van der Waals surface area contributed by atoms with Crippen LogP contribution < -0.4 is 5.56 Å². The SMILES string of the molecule is CCC(=O)N(CCO)Cc1cc2cc(C)ccc2[nH]c1=O. The molecule has 0 aliphatic rings. The molecule has 0 radical (unpaired) electrons. The first-order valence-corrected chi connectivity index (χ1v) is 7.06. The van der Waals surface area contributed by atoms with E-state index < -0.39 is 0 Å². The van der Waals surface area contributed by atoms with Gasteiger partial charge in [-0.1, -0.05) is 18.6 Å². The summed E-state index contributed by atoms with van der Waals surface area (Å²) >= 11 is 0. The van der Waals surface area contributed by atoms with Gasteiger partial charge in [-0.3, -0.25) is 9.59 Å². The zero-order valence-electron chi connectivity index (χ0n) is 12.3. The van der Waals surface area contributed by atoms with Gasteiger partial charge in [-0.15, -0.1) is 0 Å². The Bertz CT molecular complexity index is 706. The van der Waals surface area contributed by atoms with Crippen LogP contribution in [0.1, 0.15) is 24.5 Å². The van der Waals surface area contributed by atoms with Crippen molar-refractivity contribution in [2.75, 3.05) is 13.2 Å². The maximum Gasteiger partial charge on any atom is 0.253 e. The fraction of sp³-hybridized carbons (Fsp3) is 0.375. The lowest BCUT2D eigenvalue weighted by molar-refractivity contribution is -0.132. The number of carbonyl (C=O) groups is 1. The number of aromatic amines is 1. The van der Waals surface area contributed by atoms with Crippen LogP contribution in [0.4, 0.5) is 0 Å². The summed E-state index contributed by atoms with van der Waals surface area (Å²) in [5, 5.41) is 10.00. The minimum Gasteiger partial charge on any atom is -0.395 e. The minimum absolute atomic E-state index is 0.0761. The topological polar surface area (TPSA) is 73.4 Å². The van der Waals surface area contributed by atoms with Gasteiger partial charge >= 0.3 is 0 Å². The van der Waals surface area contributed by atoms with E-state index in [2.05, 4.69) is 4.98 Å². The first-order chi connectivity index (χ1) is 10.0. The molecule has 2 rings (SSSR count). The maximum absolute atomic E-state index is 12.1. The quantitative estimate of drug-likeness (QED) is 0.877. The molecule has 0 aliphatic carbocycles. The van der Waals surface area contributed by atoms with E-state index in [1.54, 1.807) is 6.92 Å². The Morgan fingerprint density at radius 3 is 2.76 bits per heavy atom. The van der Waals surface area contributed by atoms with Gasteiger partial charge in [0.1, 0.15) is 0 Å². The van der Waals surface area contributed by atoms with Crippen molar-refractivity contribution in [3.8, 4) is 0 Å². The first-order valence-electron chi connectivity index (χ1n) is 7.06. The molecule has 2 N–H and O–H groups in total. The number of carbonyl (C=O) groups excluding carboxylic acids is 1. The Balaban J connectivity index is 2.38. The molecule has 0 bridgehead atoms. The molecule has 0 atom stereocenters. The van der Waals surface area contributed by atoms with Crippen LogP contribution in [0.2, 0.25) is 0 Å². The third kappa shape index (κ3) is 3.49. The summed E-state index contributed by atoms with van der Waals surface area (Å²) in [4.78, 5) is 28.3. The van der Waals surface area contributed by atoms with Gasteiger partial charge < -0.3 is 15.0 Å². The van der Waals surface area contributed by atoms with E-state index >= 15 is 0 Å². The lowest BCUT2D eigenvalue weighted by Crippen LogP contribution is -2.34. The third-order valence-corrected chi connectivity index (χ3v) is 3.46. The number of pyridine rings is 1. The average Bonchev–Trinajstić information content (AvgIpc) is 2.47. The van der Waals surface area contributed by atoms with Crippen molar-refractivity contribution >= 4 is 16.8 Å². The number of fused-ring (bicyclic) bond motifs is 1. The summed E-state index contributed by atoms with van der Waals surface area (Å²) in [6.07, 6.45) is 0.352. The van der Waals surface area contributed by atoms with Gasteiger partial charge in [0, 0.05) is 24.0 Å². The van der Waals surface area contributed by atoms with Gasteiger partial charge in [0.25, 0.3) is 5.56 Å². The van der Waals surface area contributed by atoms with E-state index in [0.717, 1.165) is 16.5 Å². The highest BCUT2D eigenvalue weighted by atomic mass is 16.3. The van der Waals surface area contributed by atoms with Crippen LogP contribution in [-0.4, -0.2) is 34.0 Å². The summed E-state index contributed by atoms with van der Waals surface area (Å²) in [5.74, 6) is -0.0761. The van der Waals surface area contributed by atoms with Crippen molar-refractivity contribution in [3.05, 3.63) is 45.7 Å². The summed E-state index contributed by atoms with van der Waals surface area (Å²) in [5.41, 5.74) is 2.23. The van der Waals surface area contributed by atoms with E-state index in [1.807, 2.05) is 31.2 Å². The fourth-order valence-electron chi connectivity index (χ4n) is 2.33. The molecule has 1 aromatic carbocycles. The van der Waals surface area contributed by atoms with Crippen molar-refractivity contribution in [1.82, 2.24) is 9.88 Å². The monoisotopic (exact) mass is 288 g/mol. The van der Waals surface area contributed by atoms with E-state index in [1.165, 1.54) is 4.90 Å². The predicted molar refractivity (Wildman–Crippen MR) is 82.1 cm³/mol. The number of H-pyrrole nitrogens is 1. The molecule has 112 valence electrons. The molecule has 1 amide bonds. The van der Waals surface area contributed by atoms with Crippen LogP contribution in [0.5, 0.6) is 0 Å². The highest BCUT2D eigenvalue weighted by Crippen LogP contribution is 2.14. The smallest absolute Gasteiger partial charge is 0.253 e. The van der Waals surface area contributed by atoms with Crippen LogP contribution >= 0.6 is 0 Å². The molecule has 0 fully saturated rings. The molecule has 2 aromatic rings. The average molecular weight is 288 g/mol. The van der Waals surface area contributed by atoms with Crippen LogP contribution in [-0.2, 0) is 11.3 Å². The number of aromatic nitrogens is 1. The fourth-order valence-corrected chi connectivity index (χ4v) is 2.33. The summed E-state index contributed by atoms with van der Waals surface area (Å²) in [6.45, 7) is 4.09. The molecule has 21 heavy (non-hydrogen) atoms. The summed E-state index contributed by atoms with van der Waals surface area (Å²) in [6, 6.07) is 7.62. The molecule has 0 saturated heterocycles. The van der Waals surface area contributed by atoms with Crippen LogP contribution in [0.3, 0.4) is 0 Å². The highest BCUT2D eigenvalue weighted by Gasteiger charge is 2.14. The molecule has 5 heteroatoms. The zero-order valence-corrected chi connectivity index (χ0v) is 12.3. The molecule has 5 nitrogen and oxygen atoms in total. The van der Waals surface area contributed by atoms with E-state index in [-0.39, 0.29) is 31.2 Å². The standard InChI is InChI=1S/C16H20N2O3/c1-3-15(20)18(6-7-19)10-13-9-12-8-11(2)4-5-14(12)17-16(13)21/h4-5,8-9,19H,3,6-7,10H2,1-2H3,(H,17,21). The van der Waals surface area contributed by atoms with E-state index in [9.17, 15) is 9.59 Å². The number of aliphatic hydroxyl groups is 1. The molecule has 0 aliphatic heterocycles. The molecule has 0 unspecified atom stereocenters. The van der Waals surface area contributed by atoms with Crippen molar-refractivity contribution in [2.45, 2.75) is 26.8 Å². The normalized spacial score (nSPS) is 10.8. The molecular formula is C16H20N2O3. The molecular weight excluding hydrogens is 268 g/mol. The van der Waals surface area contributed by atoms with Crippen molar-refractivity contribution in [2.24, 2.45) is 0 Å². The Labute approximate surface area is 123 Å². The third-order valence-electron chi connectivity index (χ3n) is 3.46. The van der Waals surface area contributed by atoms with E-state index in [0.29, 0.717) is 12.0 Å². The Morgan fingerprint density at radius 2 is 2.10 bits per heavy atom. The molecule has 1 aromatic heterocycles. The Morgan fingerprint density at radius 1 is 1.33 bits per heavy atom. The number of hydrogen-bond acceptors (Lipinski definition) is 3. The van der Waals surface area contributed by atoms with Gasteiger partial charge in [0.05, 0.1) is 13.2 Å². The lowest BCUT2D eigenvalue weighted by Gasteiger charge is -2.21. The van der Waals surface area contributed by atoms with Crippen molar-refractivity contribution < 1.29 is 9.90 Å². The Hall–Kier alpha value is -2.14. The number of benzene rings is 1. The Kier molecular flexibility index (Phi) is 4.75. The number of nitrogens with zero attached hydrogens (tertiary/aromatic N) is 1. The number of rotatable bonds is 5. The number of amides is 1. The van der Waals surface area contributed by atoms with Gasteiger partial charge in [0.2, 0.25) is 5.91 Å². The van der Waals surface area contributed by atoms with Gasteiger partial charge in [-0.05, 0) is 30.5 Å². The van der Waals surface area contributed by atoms with Crippen LogP contribution in [0.15, 0.2) is 29.1 Å². The zero-order chi connectivity index (χ0) is 15.4. The second-order valence-corrected chi connectivity index (χ2v) is 5.11. The van der Waals surface area contributed by atoms with Crippen molar-refractivity contribution in [1.29, 1.82) is 0 Å². The first kappa shape index (κ1) is 15.3. The lowest BCUT2D eigenvalue weighted by atomic mass is 10.1. The van der Waals surface area contributed by atoms with Crippen molar-refractivity contribution in [3.63, 3.8) is 0 Å². The number of aliphatic hydroxyl groups excluding tert-OH is 1. The number of aryl methyl sites for hydroxylation is 1. The largest absolute Gasteiger partial charge is 0.395 e. The minimum atomic E-state index is -0.196. The number of hydrogen-bond donors (Lipinski definition) is 2. The predicted octanol–water partition coefficient (Wildman–Crippen LogP) is 1.57. The molecule has 0 saturated carbocycles. The number of nitrogens with one attached hydrogen (secondary N) is 1. The van der Waals surface area contributed by atoms with Gasteiger partial charge in [0.15, 0.2) is 0 Å². The van der Waals surface area contributed by atoms with Crippen LogP contribution in [0, 0.1) is 6.92 Å². The van der Waals surface area contributed by atoms with E-state index in [4.69, 9.17) is 5.11 Å². The summed E-state index contributed by atoms with van der Waals surface area (Å²) in [7, 11) is 0. The molecule has 0 spiro atoms. The molecule has 1 heterocycles. The summed E-state index contributed by atoms with van der Waals surface area (Å²) < 4.78 is 0. The maximum atomic E-state index is 12.1. The second-order valence-electron chi connectivity index (χ2n) is 5.11. The van der Waals surface area contributed by atoms with Gasteiger partial charge in [-0.2, -0.15) is 0 Å². The second kappa shape index (κ2) is 6.54. The highest BCUT2D eigenvalue weighted by molar-refractivity contribution is 5.80.